The van der Waals surface area contributed by atoms with Gasteiger partial charge in [0.2, 0.25) is 0 Å². The maximum atomic E-state index is 5.93. The molecule has 1 N–H and O–H groups in total. The molecule has 0 aliphatic carbocycles. The third-order valence-corrected chi connectivity index (χ3v) is 4.21. The Morgan fingerprint density at radius 2 is 2.15 bits per heavy atom. The molecule has 0 amide bonds. The maximum Gasteiger partial charge on any atom is 0.0593 e. The Morgan fingerprint density at radius 1 is 1.30 bits per heavy atom. The number of aryl methyl sites for hydroxylation is 2. The van der Waals surface area contributed by atoms with E-state index < -0.39 is 0 Å². The second kappa shape index (κ2) is 7.80. The second-order valence-corrected chi connectivity index (χ2v) is 6.09. The van der Waals surface area contributed by atoms with Gasteiger partial charge in [-0.15, -0.1) is 0 Å². The minimum absolute atomic E-state index is 0.429. The summed E-state index contributed by atoms with van der Waals surface area (Å²) in [5.74, 6) is 0. The van der Waals surface area contributed by atoms with Crippen molar-refractivity contribution in [1.82, 2.24) is 5.32 Å². The van der Waals surface area contributed by atoms with Crippen LogP contribution in [0.3, 0.4) is 0 Å². The molecule has 112 valence electrons. The first kappa shape index (κ1) is 15.5. The topological polar surface area (TPSA) is 21.3 Å². The Kier molecular flexibility index (Phi) is 6.06. The monoisotopic (exact) mass is 275 g/mol. The van der Waals surface area contributed by atoms with Crippen LogP contribution in [0.5, 0.6) is 0 Å². The molecule has 2 heteroatoms. The van der Waals surface area contributed by atoms with Gasteiger partial charge >= 0.3 is 0 Å². The lowest BCUT2D eigenvalue weighted by Crippen LogP contribution is -2.29. The first-order valence-electron chi connectivity index (χ1n) is 8.13. The molecule has 0 saturated carbocycles. The van der Waals surface area contributed by atoms with Crippen LogP contribution in [0.15, 0.2) is 18.2 Å². The molecule has 0 radical (unpaired) electrons. The van der Waals surface area contributed by atoms with Gasteiger partial charge in [0.15, 0.2) is 0 Å². The molecule has 1 saturated heterocycles. The molecule has 1 fully saturated rings. The molecule has 1 heterocycles. The molecular weight excluding hydrogens is 246 g/mol. The third-order valence-electron chi connectivity index (χ3n) is 4.21. The number of hydrogen-bond acceptors (Lipinski definition) is 2. The summed E-state index contributed by atoms with van der Waals surface area (Å²) in [6, 6.07) is 7.24. The Labute approximate surface area is 123 Å². The van der Waals surface area contributed by atoms with Crippen molar-refractivity contribution in [2.24, 2.45) is 0 Å². The van der Waals surface area contributed by atoms with Crippen molar-refractivity contribution >= 4 is 0 Å². The van der Waals surface area contributed by atoms with Gasteiger partial charge in [-0.2, -0.15) is 0 Å². The Hall–Kier alpha value is -0.860. The Balaban J connectivity index is 2.08. The van der Waals surface area contributed by atoms with Crippen LogP contribution in [-0.4, -0.2) is 19.3 Å². The zero-order chi connectivity index (χ0) is 14.4. The second-order valence-electron chi connectivity index (χ2n) is 6.09. The van der Waals surface area contributed by atoms with Crippen molar-refractivity contribution in [2.45, 2.75) is 65.0 Å². The third kappa shape index (κ3) is 4.32. The first-order valence-corrected chi connectivity index (χ1v) is 8.13. The molecule has 1 aliphatic rings. The highest BCUT2D eigenvalue weighted by Crippen LogP contribution is 2.27. The highest BCUT2D eigenvalue weighted by molar-refractivity contribution is 5.32. The summed E-state index contributed by atoms with van der Waals surface area (Å²) >= 11 is 0. The number of hydrogen-bond donors (Lipinski definition) is 1. The quantitative estimate of drug-likeness (QED) is 0.835. The lowest BCUT2D eigenvalue weighted by Gasteiger charge is -2.29. The van der Waals surface area contributed by atoms with Crippen LogP contribution in [0.2, 0.25) is 0 Å². The fourth-order valence-electron chi connectivity index (χ4n) is 3.11. The van der Waals surface area contributed by atoms with E-state index in [9.17, 15) is 0 Å². The van der Waals surface area contributed by atoms with Crippen LogP contribution in [0, 0.1) is 13.8 Å². The van der Waals surface area contributed by atoms with E-state index in [0.717, 1.165) is 19.6 Å². The largest absolute Gasteiger partial charge is 0.378 e. The van der Waals surface area contributed by atoms with Crippen LogP contribution >= 0.6 is 0 Å². The minimum Gasteiger partial charge on any atom is -0.378 e. The smallest absolute Gasteiger partial charge is 0.0593 e. The highest BCUT2D eigenvalue weighted by Gasteiger charge is 2.21. The first-order chi connectivity index (χ1) is 9.70. The van der Waals surface area contributed by atoms with E-state index in [1.54, 1.807) is 0 Å². The van der Waals surface area contributed by atoms with E-state index in [1.807, 2.05) is 0 Å². The zero-order valence-corrected chi connectivity index (χ0v) is 13.2. The maximum absolute atomic E-state index is 5.93. The molecule has 1 aromatic carbocycles. The fourth-order valence-corrected chi connectivity index (χ4v) is 3.11. The van der Waals surface area contributed by atoms with Gasteiger partial charge in [-0.3, -0.25) is 0 Å². The average molecular weight is 275 g/mol. The molecule has 2 unspecified atom stereocenters. The fraction of sp³-hybridized carbons (Fsp3) is 0.667. The van der Waals surface area contributed by atoms with Crippen LogP contribution < -0.4 is 5.32 Å². The van der Waals surface area contributed by atoms with Gasteiger partial charge in [0.1, 0.15) is 0 Å². The van der Waals surface area contributed by atoms with Gasteiger partial charge in [-0.25, -0.2) is 0 Å². The van der Waals surface area contributed by atoms with Gasteiger partial charge in [-0.1, -0.05) is 30.7 Å². The van der Waals surface area contributed by atoms with E-state index in [4.69, 9.17) is 4.74 Å². The summed E-state index contributed by atoms with van der Waals surface area (Å²) in [5.41, 5.74) is 4.18. The van der Waals surface area contributed by atoms with Gasteiger partial charge in [-0.05, 0) is 63.6 Å². The van der Waals surface area contributed by atoms with Crippen LogP contribution in [-0.2, 0) is 4.74 Å². The summed E-state index contributed by atoms with van der Waals surface area (Å²) in [4.78, 5) is 0. The van der Waals surface area contributed by atoms with E-state index in [2.05, 4.69) is 44.3 Å². The van der Waals surface area contributed by atoms with Crippen molar-refractivity contribution in [3.63, 3.8) is 0 Å². The molecule has 20 heavy (non-hydrogen) atoms. The van der Waals surface area contributed by atoms with Crippen molar-refractivity contribution < 1.29 is 4.74 Å². The molecule has 2 atom stereocenters. The van der Waals surface area contributed by atoms with E-state index >= 15 is 0 Å². The van der Waals surface area contributed by atoms with Gasteiger partial charge < -0.3 is 10.1 Å². The normalized spacial score (nSPS) is 20.9. The summed E-state index contributed by atoms with van der Waals surface area (Å²) in [6.45, 7) is 8.63. The molecule has 0 bridgehead atoms. The van der Waals surface area contributed by atoms with Crippen molar-refractivity contribution in [3.05, 3.63) is 34.9 Å². The molecule has 1 aromatic rings. The molecule has 0 aromatic heterocycles. The van der Waals surface area contributed by atoms with Gasteiger partial charge in [0, 0.05) is 12.6 Å². The predicted molar refractivity (Wildman–Crippen MR) is 85.2 cm³/mol. The van der Waals surface area contributed by atoms with Crippen LogP contribution in [0.1, 0.15) is 61.8 Å². The lowest BCUT2D eigenvalue weighted by molar-refractivity contribution is 0.00502. The molecule has 2 nitrogen and oxygen atoms in total. The Bertz CT molecular complexity index is 410. The van der Waals surface area contributed by atoms with Crippen molar-refractivity contribution in [1.29, 1.82) is 0 Å². The van der Waals surface area contributed by atoms with Gasteiger partial charge in [0.05, 0.1) is 6.10 Å². The predicted octanol–water partition coefficient (Wildman–Crippen LogP) is 4.30. The highest BCUT2D eigenvalue weighted by atomic mass is 16.5. The molecular formula is C18H29NO. The molecule has 2 rings (SSSR count). The summed E-state index contributed by atoms with van der Waals surface area (Å²) in [5, 5.41) is 3.71. The number of ether oxygens (including phenoxy) is 1. The van der Waals surface area contributed by atoms with Crippen LogP contribution in [0.4, 0.5) is 0 Å². The van der Waals surface area contributed by atoms with Crippen LogP contribution in [0.25, 0.3) is 0 Å². The van der Waals surface area contributed by atoms with Gasteiger partial charge in [0.25, 0.3) is 0 Å². The SMILES string of the molecule is CCCNC(CC1CCCCO1)c1ccc(C)cc1C. The number of benzene rings is 1. The molecule has 1 aliphatic heterocycles. The number of rotatable bonds is 6. The minimum atomic E-state index is 0.429. The van der Waals surface area contributed by atoms with E-state index in [-0.39, 0.29) is 0 Å². The van der Waals surface area contributed by atoms with E-state index in [1.165, 1.54) is 42.4 Å². The summed E-state index contributed by atoms with van der Waals surface area (Å²) < 4.78 is 5.93. The molecule has 0 spiro atoms. The lowest BCUT2D eigenvalue weighted by atomic mass is 9.93. The van der Waals surface area contributed by atoms with Crippen molar-refractivity contribution in [3.8, 4) is 0 Å². The van der Waals surface area contributed by atoms with E-state index in [0.29, 0.717) is 12.1 Å². The summed E-state index contributed by atoms with van der Waals surface area (Å²) in [6.07, 6.45) is 6.47. The Morgan fingerprint density at radius 3 is 2.80 bits per heavy atom. The zero-order valence-electron chi connectivity index (χ0n) is 13.2. The van der Waals surface area contributed by atoms with Crippen molar-refractivity contribution in [2.75, 3.05) is 13.2 Å². The summed E-state index contributed by atoms with van der Waals surface area (Å²) in [7, 11) is 0. The number of nitrogens with one attached hydrogen (secondary N) is 1. The average Bonchev–Trinajstić information content (AvgIpc) is 2.45. The standard InChI is InChI=1S/C18H29NO/c1-4-10-19-18(13-16-7-5-6-11-20-16)17-9-8-14(2)12-15(17)3/h8-9,12,16,18-19H,4-7,10-11,13H2,1-3H3.